The maximum atomic E-state index is 8.98. The molecule has 0 saturated heterocycles. The van der Waals surface area contributed by atoms with E-state index < -0.39 is 4.70 Å². The lowest BCUT2D eigenvalue weighted by Crippen LogP contribution is -1.80. The number of carbonyl (C=O) groups excluding carboxylic acids is 1. The number of carbonyl (C=O) groups is 1. The molecule has 0 radical (unpaired) electrons. The predicted molar refractivity (Wildman–Crippen MR) is 47.9 cm³/mol. The Kier molecular flexibility index (Phi) is 6.42. The molecule has 0 spiro atoms. The van der Waals surface area contributed by atoms with E-state index in [0.29, 0.717) is 0 Å². The Hall–Kier alpha value is -0.800. The quantitative estimate of drug-likeness (QED) is 0.666. The van der Waals surface area contributed by atoms with Crippen molar-refractivity contribution >= 4 is 27.9 Å². The van der Waals surface area contributed by atoms with Gasteiger partial charge in [0, 0.05) is 6.20 Å². The van der Waals surface area contributed by atoms with Gasteiger partial charge in [0.25, 0.3) is 0 Å². The van der Waals surface area contributed by atoms with Crippen molar-refractivity contribution in [2.75, 3.05) is 7.11 Å². The number of ether oxygens (including phenoxy) is 1. The summed E-state index contributed by atoms with van der Waals surface area (Å²) >= 11 is 8.80. The molecule has 1 rings (SSSR count). The molecule has 0 bridgehead atoms. The summed E-state index contributed by atoms with van der Waals surface area (Å²) in [7, 11) is 1.62. The number of rotatable bonds is 1. The van der Waals surface area contributed by atoms with Crippen molar-refractivity contribution in [3.63, 3.8) is 0 Å². The van der Waals surface area contributed by atoms with E-state index in [1.807, 2.05) is 12.1 Å². The summed E-state index contributed by atoms with van der Waals surface area (Å²) in [6.45, 7) is 0. The Labute approximate surface area is 80.3 Å². The molecule has 0 fully saturated rings. The summed E-state index contributed by atoms with van der Waals surface area (Å²) in [6.07, 6.45) is 3.38. The molecule has 1 aromatic rings. The number of hydrogen-bond donors (Lipinski definition) is 0. The van der Waals surface area contributed by atoms with E-state index in [1.165, 1.54) is 0 Å². The van der Waals surface area contributed by atoms with Gasteiger partial charge >= 0.3 is 4.70 Å². The molecular weight excluding hydrogens is 201 g/mol. The van der Waals surface area contributed by atoms with Gasteiger partial charge in [-0.2, -0.15) is 0 Å². The van der Waals surface area contributed by atoms with Gasteiger partial charge in [0.15, 0.2) is 0 Å². The average Bonchev–Trinajstić information content (AvgIpc) is 2.05. The van der Waals surface area contributed by atoms with Crippen LogP contribution in [0.2, 0.25) is 0 Å². The summed E-state index contributed by atoms with van der Waals surface area (Å²) < 4.78 is 3.96. The lowest BCUT2D eigenvalue weighted by Gasteiger charge is -1.93. The Morgan fingerprint density at radius 3 is 2.42 bits per heavy atom. The van der Waals surface area contributed by atoms with Gasteiger partial charge < -0.3 is 4.74 Å². The van der Waals surface area contributed by atoms with Crippen LogP contribution in [0.15, 0.2) is 24.5 Å². The summed E-state index contributed by atoms with van der Waals surface area (Å²) in [4.78, 5) is 12.8. The zero-order valence-corrected chi connectivity index (χ0v) is 7.84. The van der Waals surface area contributed by atoms with Crippen LogP contribution in [0.3, 0.4) is 0 Å². The molecule has 0 atom stereocenters. The molecule has 0 aliphatic carbocycles. The zero-order valence-electron chi connectivity index (χ0n) is 6.33. The van der Waals surface area contributed by atoms with Crippen LogP contribution in [0.5, 0.6) is 5.75 Å². The van der Waals surface area contributed by atoms with Gasteiger partial charge in [0.05, 0.1) is 13.3 Å². The first-order chi connectivity index (χ1) is 5.66. The first-order valence-electron chi connectivity index (χ1n) is 2.95. The predicted octanol–water partition coefficient (Wildman–Crippen LogP) is 2.67. The second-order valence-corrected chi connectivity index (χ2v) is 2.50. The molecule has 0 aliphatic heterocycles. The van der Waals surface area contributed by atoms with Gasteiger partial charge in [-0.3, -0.25) is 9.78 Å². The number of halogens is 2. The first-order valence-corrected chi connectivity index (χ1v) is 3.71. The van der Waals surface area contributed by atoms with E-state index in [1.54, 1.807) is 19.5 Å². The van der Waals surface area contributed by atoms with E-state index >= 15 is 0 Å². The average molecular weight is 208 g/mol. The molecule has 0 N–H and O–H groups in total. The van der Waals surface area contributed by atoms with Crippen molar-refractivity contribution in [3.05, 3.63) is 24.5 Å². The van der Waals surface area contributed by atoms with Crippen LogP contribution in [-0.4, -0.2) is 16.8 Å². The largest absolute Gasteiger partial charge is 0.495 e. The van der Waals surface area contributed by atoms with E-state index in [0.717, 1.165) is 5.75 Å². The number of hydrogen-bond acceptors (Lipinski definition) is 3. The Bertz CT molecular complexity index is 224. The van der Waals surface area contributed by atoms with Crippen LogP contribution < -0.4 is 4.74 Å². The standard InChI is InChI=1S/C6H7NO.CCl2O/c1-8-6-3-2-4-7-5-6;2-1(3)4/h2-5H,1H3;. The highest BCUT2D eigenvalue weighted by atomic mass is 35.5. The summed E-state index contributed by atoms with van der Waals surface area (Å²) in [5.41, 5.74) is 0. The van der Waals surface area contributed by atoms with Gasteiger partial charge in [0.1, 0.15) is 5.75 Å². The van der Waals surface area contributed by atoms with Gasteiger partial charge in [-0.05, 0) is 35.3 Å². The maximum Gasteiger partial charge on any atom is 0.313 e. The molecule has 0 unspecified atom stereocenters. The highest BCUT2D eigenvalue weighted by Crippen LogP contribution is 2.02. The number of pyridine rings is 1. The molecule has 0 aromatic carbocycles. The molecule has 1 aromatic heterocycles. The van der Waals surface area contributed by atoms with Crippen LogP contribution >= 0.6 is 23.2 Å². The van der Waals surface area contributed by atoms with Crippen molar-refractivity contribution in [2.24, 2.45) is 0 Å². The topological polar surface area (TPSA) is 39.2 Å². The second-order valence-electron chi connectivity index (χ2n) is 1.62. The van der Waals surface area contributed by atoms with Gasteiger partial charge in [-0.15, -0.1) is 0 Å². The fourth-order valence-corrected chi connectivity index (χ4v) is 0.468. The van der Waals surface area contributed by atoms with Crippen molar-refractivity contribution < 1.29 is 9.53 Å². The molecule has 12 heavy (non-hydrogen) atoms. The minimum atomic E-state index is -0.889. The molecule has 3 nitrogen and oxygen atoms in total. The van der Waals surface area contributed by atoms with Gasteiger partial charge in [-0.1, -0.05) is 0 Å². The van der Waals surface area contributed by atoms with Crippen LogP contribution in [0.1, 0.15) is 0 Å². The highest BCUT2D eigenvalue weighted by Gasteiger charge is 1.81. The molecule has 0 amide bonds. The minimum absolute atomic E-state index is 0.799. The van der Waals surface area contributed by atoms with Crippen LogP contribution in [-0.2, 0) is 0 Å². The normalized spacial score (nSPS) is 7.92. The first kappa shape index (κ1) is 11.2. The molecule has 66 valence electrons. The minimum Gasteiger partial charge on any atom is -0.495 e. The fraction of sp³-hybridized carbons (Fsp3) is 0.143. The Morgan fingerprint density at radius 1 is 1.58 bits per heavy atom. The Balaban J connectivity index is 0.000000261. The third-order valence-electron chi connectivity index (χ3n) is 0.870. The van der Waals surface area contributed by atoms with Gasteiger partial charge in [-0.25, -0.2) is 0 Å². The van der Waals surface area contributed by atoms with E-state index in [4.69, 9.17) is 9.53 Å². The van der Waals surface area contributed by atoms with E-state index in [2.05, 4.69) is 28.2 Å². The summed E-state index contributed by atoms with van der Waals surface area (Å²) in [6, 6.07) is 3.69. The van der Waals surface area contributed by atoms with Crippen molar-refractivity contribution in [2.45, 2.75) is 0 Å². The van der Waals surface area contributed by atoms with Crippen LogP contribution in [0.4, 0.5) is 4.79 Å². The maximum absolute atomic E-state index is 8.98. The zero-order chi connectivity index (χ0) is 9.40. The molecule has 0 saturated carbocycles. The molecule has 0 aliphatic rings. The number of methoxy groups -OCH3 is 1. The second kappa shape index (κ2) is 6.88. The van der Waals surface area contributed by atoms with Crippen molar-refractivity contribution in [1.82, 2.24) is 4.98 Å². The monoisotopic (exact) mass is 207 g/mol. The third kappa shape index (κ3) is 7.31. The summed E-state index contributed by atoms with van der Waals surface area (Å²) in [5, 5.41) is 0. The fourth-order valence-electron chi connectivity index (χ4n) is 0.468. The van der Waals surface area contributed by atoms with Gasteiger partial charge in [0.2, 0.25) is 0 Å². The molecular formula is C7H7Cl2NO2. The lowest BCUT2D eigenvalue weighted by atomic mass is 10.5. The molecule has 1 heterocycles. The highest BCUT2D eigenvalue weighted by molar-refractivity contribution is 6.93. The van der Waals surface area contributed by atoms with E-state index in [-0.39, 0.29) is 0 Å². The lowest BCUT2D eigenvalue weighted by molar-refractivity contribution is 0.275. The number of aromatic nitrogens is 1. The van der Waals surface area contributed by atoms with Crippen LogP contribution in [0, 0.1) is 0 Å². The van der Waals surface area contributed by atoms with Crippen molar-refractivity contribution in [1.29, 1.82) is 0 Å². The van der Waals surface area contributed by atoms with Crippen molar-refractivity contribution in [3.8, 4) is 5.75 Å². The number of nitrogens with zero attached hydrogens (tertiary/aromatic N) is 1. The van der Waals surface area contributed by atoms with Crippen LogP contribution in [0.25, 0.3) is 0 Å². The van der Waals surface area contributed by atoms with E-state index in [9.17, 15) is 0 Å². The SMILES string of the molecule is COc1cccnc1.O=C(Cl)Cl. The third-order valence-corrected chi connectivity index (χ3v) is 0.870. The molecule has 5 heteroatoms. The summed E-state index contributed by atoms with van der Waals surface area (Å²) in [5.74, 6) is 0.799. The Morgan fingerprint density at radius 2 is 2.17 bits per heavy atom. The smallest absolute Gasteiger partial charge is 0.313 e.